The summed E-state index contributed by atoms with van der Waals surface area (Å²) in [7, 11) is 0. The van der Waals surface area contributed by atoms with Crippen molar-refractivity contribution in [1.82, 2.24) is 10.1 Å². The van der Waals surface area contributed by atoms with E-state index in [-0.39, 0.29) is 11.3 Å². The van der Waals surface area contributed by atoms with Gasteiger partial charge in [0, 0.05) is 29.6 Å². The molecule has 1 N–H and O–H groups in total. The zero-order valence-corrected chi connectivity index (χ0v) is 14.1. The summed E-state index contributed by atoms with van der Waals surface area (Å²) in [5.41, 5.74) is 1.00. The Morgan fingerprint density at radius 2 is 2.00 bits per heavy atom. The number of pyridine rings is 1. The highest BCUT2D eigenvalue weighted by Gasteiger charge is 2.28. The van der Waals surface area contributed by atoms with Crippen LogP contribution in [0.4, 0.5) is 8.78 Å². The third-order valence-electron chi connectivity index (χ3n) is 3.93. The van der Waals surface area contributed by atoms with Gasteiger partial charge in [-0.1, -0.05) is 17.3 Å². The first-order valence-electron chi connectivity index (χ1n) is 7.72. The summed E-state index contributed by atoms with van der Waals surface area (Å²) in [6, 6.07) is 10.2. The van der Waals surface area contributed by atoms with E-state index in [1.54, 1.807) is 18.3 Å². The molecule has 130 valence electrons. The molecule has 0 saturated carbocycles. The second kappa shape index (κ2) is 6.78. The largest absolute Gasteiger partial charge is 0.383 e. The molecule has 4 aromatic rings. The van der Waals surface area contributed by atoms with Gasteiger partial charge in [0.05, 0.1) is 10.4 Å². The third-order valence-corrected chi connectivity index (χ3v) is 4.80. The number of halogens is 2. The maximum atomic E-state index is 14.3. The van der Waals surface area contributed by atoms with Crippen LogP contribution in [0.15, 0.2) is 64.8 Å². The first kappa shape index (κ1) is 16.6. The van der Waals surface area contributed by atoms with Crippen LogP contribution in [0.5, 0.6) is 0 Å². The number of hydrogen-bond donors (Lipinski definition) is 1. The maximum Gasteiger partial charge on any atom is 0.183 e. The minimum Gasteiger partial charge on any atom is -0.383 e. The lowest BCUT2D eigenvalue weighted by Crippen LogP contribution is -2.03. The van der Waals surface area contributed by atoms with Gasteiger partial charge >= 0.3 is 0 Å². The SMILES string of the molecule is OC(c1cccnc1)c1c(-c2ccc(F)cc2F)noc1-c1cccs1. The number of rotatable bonds is 4. The number of nitrogens with zero attached hydrogens (tertiary/aromatic N) is 2. The van der Waals surface area contributed by atoms with Crippen molar-refractivity contribution in [3.05, 3.63) is 83.0 Å². The highest BCUT2D eigenvalue weighted by Crippen LogP contribution is 2.40. The lowest BCUT2D eigenvalue weighted by Gasteiger charge is -2.12. The molecular weight excluding hydrogens is 358 g/mol. The highest BCUT2D eigenvalue weighted by atomic mass is 32.1. The summed E-state index contributed by atoms with van der Waals surface area (Å²) in [5, 5.41) is 16.7. The number of thiophene rings is 1. The van der Waals surface area contributed by atoms with Gasteiger partial charge in [-0.2, -0.15) is 0 Å². The standard InChI is InChI=1S/C19H12F2N2O2S/c20-12-5-6-13(14(21)9-12)17-16(18(24)11-3-1-7-22-10-11)19(25-23-17)15-4-2-8-26-15/h1-10,18,24H. The van der Waals surface area contributed by atoms with E-state index in [0.29, 0.717) is 16.9 Å². The summed E-state index contributed by atoms with van der Waals surface area (Å²) in [5.74, 6) is -1.13. The molecular formula is C19H12F2N2O2S. The number of aliphatic hydroxyl groups excluding tert-OH is 1. The van der Waals surface area contributed by atoms with E-state index in [9.17, 15) is 13.9 Å². The maximum absolute atomic E-state index is 14.3. The van der Waals surface area contributed by atoms with Gasteiger partial charge in [0.2, 0.25) is 0 Å². The smallest absolute Gasteiger partial charge is 0.183 e. The molecule has 1 atom stereocenters. The number of aromatic nitrogens is 2. The van der Waals surface area contributed by atoms with Crippen LogP contribution in [0, 0.1) is 11.6 Å². The molecule has 4 rings (SSSR count). The van der Waals surface area contributed by atoms with Gasteiger partial charge in [-0.3, -0.25) is 4.98 Å². The molecule has 0 spiro atoms. The van der Waals surface area contributed by atoms with E-state index >= 15 is 0 Å². The molecule has 4 nitrogen and oxygen atoms in total. The molecule has 0 radical (unpaired) electrons. The fraction of sp³-hybridized carbons (Fsp3) is 0.0526. The molecule has 26 heavy (non-hydrogen) atoms. The average molecular weight is 370 g/mol. The fourth-order valence-corrected chi connectivity index (χ4v) is 3.43. The number of aliphatic hydroxyl groups is 1. The summed E-state index contributed by atoms with van der Waals surface area (Å²) >= 11 is 1.40. The Labute approximate surface area is 151 Å². The van der Waals surface area contributed by atoms with Crippen molar-refractivity contribution in [3.8, 4) is 21.9 Å². The van der Waals surface area contributed by atoms with Gasteiger partial charge in [-0.25, -0.2) is 8.78 Å². The van der Waals surface area contributed by atoms with E-state index in [1.807, 2.05) is 17.5 Å². The van der Waals surface area contributed by atoms with Crippen molar-refractivity contribution in [2.45, 2.75) is 6.10 Å². The van der Waals surface area contributed by atoms with Gasteiger partial charge in [0.1, 0.15) is 23.4 Å². The van der Waals surface area contributed by atoms with Crippen LogP contribution in [-0.4, -0.2) is 15.2 Å². The lowest BCUT2D eigenvalue weighted by molar-refractivity contribution is 0.220. The van der Waals surface area contributed by atoms with E-state index in [2.05, 4.69) is 10.1 Å². The topological polar surface area (TPSA) is 59.2 Å². The zero-order chi connectivity index (χ0) is 18.1. The minimum atomic E-state index is -1.13. The van der Waals surface area contributed by atoms with Crippen molar-refractivity contribution in [2.75, 3.05) is 0 Å². The van der Waals surface area contributed by atoms with Gasteiger partial charge in [-0.15, -0.1) is 11.3 Å². The predicted octanol–water partition coefficient (Wildman–Crippen LogP) is 4.83. The molecule has 0 bridgehead atoms. The Hall–Kier alpha value is -2.90. The molecule has 0 aliphatic heterocycles. The van der Waals surface area contributed by atoms with Crippen LogP contribution in [0.2, 0.25) is 0 Å². The molecule has 0 amide bonds. The van der Waals surface area contributed by atoms with Gasteiger partial charge in [-0.05, 0) is 29.6 Å². The first-order valence-corrected chi connectivity index (χ1v) is 8.60. The molecule has 0 fully saturated rings. The van der Waals surface area contributed by atoms with Crippen molar-refractivity contribution >= 4 is 11.3 Å². The lowest BCUT2D eigenvalue weighted by atomic mass is 9.96. The molecule has 0 aliphatic carbocycles. The van der Waals surface area contributed by atoms with E-state index in [4.69, 9.17) is 4.52 Å². The van der Waals surface area contributed by atoms with Gasteiger partial charge in [0.15, 0.2) is 5.76 Å². The van der Waals surface area contributed by atoms with E-state index in [1.165, 1.54) is 23.6 Å². The van der Waals surface area contributed by atoms with Crippen molar-refractivity contribution < 1.29 is 18.4 Å². The quantitative estimate of drug-likeness (QED) is 0.559. The van der Waals surface area contributed by atoms with Crippen molar-refractivity contribution in [3.63, 3.8) is 0 Å². The Balaban J connectivity index is 1.93. The second-order valence-electron chi connectivity index (χ2n) is 5.56. The zero-order valence-electron chi connectivity index (χ0n) is 13.3. The Bertz CT molecular complexity index is 1030. The van der Waals surface area contributed by atoms with Crippen LogP contribution in [0.1, 0.15) is 17.2 Å². The van der Waals surface area contributed by atoms with Crippen LogP contribution in [0.3, 0.4) is 0 Å². The molecule has 0 saturated heterocycles. The Kier molecular flexibility index (Phi) is 4.32. The highest BCUT2D eigenvalue weighted by molar-refractivity contribution is 7.13. The molecule has 1 aromatic carbocycles. The third kappa shape index (κ3) is 2.91. The predicted molar refractivity (Wildman–Crippen MR) is 93.5 cm³/mol. The van der Waals surface area contributed by atoms with Gasteiger partial charge in [0.25, 0.3) is 0 Å². The summed E-state index contributed by atoms with van der Waals surface area (Å²) < 4.78 is 33.0. The van der Waals surface area contributed by atoms with Gasteiger partial charge < -0.3 is 9.63 Å². The van der Waals surface area contributed by atoms with Crippen LogP contribution >= 0.6 is 11.3 Å². The minimum absolute atomic E-state index is 0.0518. The van der Waals surface area contributed by atoms with Crippen molar-refractivity contribution in [2.24, 2.45) is 0 Å². The molecule has 3 heterocycles. The number of benzene rings is 1. The first-order chi connectivity index (χ1) is 12.6. The summed E-state index contributed by atoms with van der Waals surface area (Å²) in [4.78, 5) is 4.75. The summed E-state index contributed by atoms with van der Waals surface area (Å²) in [6.07, 6.45) is 1.97. The molecule has 7 heteroatoms. The summed E-state index contributed by atoms with van der Waals surface area (Å²) in [6.45, 7) is 0. The normalized spacial score (nSPS) is 12.3. The number of hydrogen-bond acceptors (Lipinski definition) is 5. The van der Waals surface area contributed by atoms with Crippen molar-refractivity contribution in [1.29, 1.82) is 0 Å². The van der Waals surface area contributed by atoms with E-state index in [0.717, 1.165) is 17.0 Å². The molecule has 1 unspecified atom stereocenters. The monoisotopic (exact) mass is 370 g/mol. The Morgan fingerprint density at radius 1 is 1.12 bits per heavy atom. The van der Waals surface area contributed by atoms with Crippen LogP contribution in [-0.2, 0) is 0 Å². The van der Waals surface area contributed by atoms with E-state index < -0.39 is 17.7 Å². The second-order valence-corrected chi connectivity index (χ2v) is 6.51. The molecule has 0 aliphatic rings. The van der Waals surface area contributed by atoms with Crippen LogP contribution in [0.25, 0.3) is 21.9 Å². The van der Waals surface area contributed by atoms with Crippen LogP contribution < -0.4 is 0 Å². The fourth-order valence-electron chi connectivity index (χ4n) is 2.72. The average Bonchev–Trinajstić information content (AvgIpc) is 3.31. The Morgan fingerprint density at radius 3 is 2.69 bits per heavy atom. The molecule has 3 aromatic heterocycles.